The number of hydrogen-bond donors (Lipinski definition) is 1. The van der Waals surface area contributed by atoms with Crippen molar-refractivity contribution in [3.8, 4) is 0 Å². The molecule has 2 heteroatoms. The molecule has 0 bridgehead atoms. The second kappa shape index (κ2) is 1.88. The fourth-order valence-electron chi connectivity index (χ4n) is 0.826. The number of ether oxygens (including phenoxy) is 1. The minimum Gasteiger partial charge on any atom is -0.463 e. The molecule has 0 aromatic heterocycles. The molecule has 4 radical (unpaired) electrons. The fraction of sp³-hybridized carbons (Fsp3) is 0.143. The zero-order valence-corrected chi connectivity index (χ0v) is 4.72. The van der Waals surface area contributed by atoms with Gasteiger partial charge in [0.1, 0.15) is 5.76 Å². The molecule has 1 atom stereocenters. The van der Waals surface area contributed by atoms with E-state index < -0.39 is 0 Å². The third kappa shape index (κ3) is 0.754. The zero-order chi connectivity index (χ0) is 6.10. The number of rotatable bonds is 0. The van der Waals surface area contributed by atoms with Crippen LogP contribution < -0.4 is 5.32 Å². The summed E-state index contributed by atoms with van der Waals surface area (Å²) in [6, 6.07) is 0.106. The van der Waals surface area contributed by atoms with Crippen LogP contribution in [0.2, 0.25) is 0 Å². The van der Waals surface area contributed by atoms with Crippen LogP contribution in [0.15, 0.2) is 24.0 Å². The SMILES string of the molecule is [C]1NC2[C]C=CC=C2O1. The van der Waals surface area contributed by atoms with E-state index in [-0.39, 0.29) is 6.04 Å². The van der Waals surface area contributed by atoms with E-state index in [0.29, 0.717) is 0 Å². The van der Waals surface area contributed by atoms with Gasteiger partial charge < -0.3 is 4.74 Å². The van der Waals surface area contributed by atoms with Crippen LogP contribution in [0.4, 0.5) is 0 Å². The third-order valence-electron chi connectivity index (χ3n) is 1.28. The Balaban J connectivity index is 2.23. The molecule has 2 nitrogen and oxygen atoms in total. The van der Waals surface area contributed by atoms with Crippen molar-refractivity contribution in [1.82, 2.24) is 5.32 Å². The molecule has 0 saturated carbocycles. The Morgan fingerprint density at radius 2 is 2.67 bits per heavy atom. The van der Waals surface area contributed by atoms with E-state index in [4.69, 9.17) is 4.74 Å². The summed E-state index contributed by atoms with van der Waals surface area (Å²) in [5, 5.41) is 2.86. The van der Waals surface area contributed by atoms with Gasteiger partial charge >= 0.3 is 0 Å². The number of allylic oxidation sites excluding steroid dienone is 2. The lowest BCUT2D eigenvalue weighted by Crippen LogP contribution is -2.21. The Bertz CT molecular complexity index is 172. The van der Waals surface area contributed by atoms with Crippen LogP contribution >= 0.6 is 0 Å². The summed E-state index contributed by atoms with van der Waals surface area (Å²) in [4.78, 5) is 0. The maximum absolute atomic E-state index is 4.94. The molecule has 9 heavy (non-hydrogen) atoms. The lowest BCUT2D eigenvalue weighted by Gasteiger charge is -2.07. The highest BCUT2D eigenvalue weighted by Crippen LogP contribution is 2.19. The summed E-state index contributed by atoms with van der Waals surface area (Å²) in [6.45, 7) is 2.54. The number of fused-ring (bicyclic) bond motifs is 1. The molecule has 1 unspecified atom stereocenters. The van der Waals surface area contributed by atoms with Crippen LogP contribution in [-0.4, -0.2) is 6.04 Å². The molecular formula is C7H5NO. The van der Waals surface area contributed by atoms with Gasteiger partial charge in [-0.15, -0.1) is 0 Å². The average Bonchev–Trinajstić information content (AvgIpc) is 2.33. The van der Waals surface area contributed by atoms with Gasteiger partial charge in [-0.1, -0.05) is 12.2 Å². The summed E-state index contributed by atoms with van der Waals surface area (Å²) in [5.41, 5.74) is 0. The van der Waals surface area contributed by atoms with E-state index in [2.05, 4.69) is 18.5 Å². The highest BCUT2D eigenvalue weighted by atomic mass is 16.5. The zero-order valence-electron chi connectivity index (χ0n) is 4.72. The molecule has 1 saturated heterocycles. The molecule has 0 aromatic carbocycles. The predicted octanol–water partition coefficient (Wildman–Crippen LogP) is 0.506. The van der Waals surface area contributed by atoms with E-state index in [1.807, 2.05) is 18.2 Å². The molecule has 2 aliphatic rings. The van der Waals surface area contributed by atoms with E-state index in [1.165, 1.54) is 0 Å². The van der Waals surface area contributed by atoms with E-state index >= 15 is 0 Å². The second-order valence-electron chi connectivity index (χ2n) is 1.88. The Labute approximate surface area is 54.2 Å². The van der Waals surface area contributed by atoms with Gasteiger partial charge in [0, 0.05) is 6.42 Å². The maximum Gasteiger partial charge on any atom is 0.279 e. The van der Waals surface area contributed by atoms with E-state index in [9.17, 15) is 0 Å². The number of hydrogen-bond acceptors (Lipinski definition) is 2. The Morgan fingerprint density at radius 3 is 3.56 bits per heavy atom. The molecule has 1 N–H and O–H groups in total. The molecule has 1 fully saturated rings. The lowest BCUT2D eigenvalue weighted by atomic mass is 10.1. The number of nitrogens with one attached hydrogen (secondary N) is 1. The first kappa shape index (κ1) is 5.06. The van der Waals surface area contributed by atoms with Crippen LogP contribution in [0.25, 0.3) is 0 Å². The topological polar surface area (TPSA) is 21.3 Å². The molecule has 2 rings (SSSR count). The van der Waals surface area contributed by atoms with E-state index in [1.54, 1.807) is 0 Å². The lowest BCUT2D eigenvalue weighted by molar-refractivity contribution is 0.323. The second-order valence-corrected chi connectivity index (χ2v) is 1.88. The third-order valence-corrected chi connectivity index (χ3v) is 1.28. The van der Waals surface area contributed by atoms with Gasteiger partial charge in [0.2, 0.25) is 0 Å². The van der Waals surface area contributed by atoms with Crippen molar-refractivity contribution >= 4 is 0 Å². The molecular weight excluding hydrogens is 114 g/mol. The Kier molecular flexibility index (Phi) is 1.06. The van der Waals surface area contributed by atoms with Crippen LogP contribution in [0.3, 0.4) is 0 Å². The molecule has 44 valence electrons. The van der Waals surface area contributed by atoms with Crippen LogP contribution in [0.1, 0.15) is 0 Å². The van der Waals surface area contributed by atoms with E-state index in [0.717, 1.165) is 5.76 Å². The van der Waals surface area contributed by atoms with Crippen LogP contribution in [-0.2, 0) is 4.74 Å². The molecule has 0 spiro atoms. The highest BCUT2D eigenvalue weighted by molar-refractivity contribution is 5.29. The van der Waals surface area contributed by atoms with Gasteiger partial charge in [-0.3, -0.25) is 5.32 Å². The Morgan fingerprint density at radius 1 is 1.67 bits per heavy atom. The minimum atomic E-state index is 0.106. The summed E-state index contributed by atoms with van der Waals surface area (Å²) in [7, 11) is 0. The summed E-state index contributed by atoms with van der Waals surface area (Å²) in [5.74, 6) is 0.873. The van der Waals surface area contributed by atoms with Crippen molar-refractivity contribution in [2.45, 2.75) is 6.04 Å². The van der Waals surface area contributed by atoms with Crippen molar-refractivity contribution in [2.24, 2.45) is 0 Å². The smallest absolute Gasteiger partial charge is 0.279 e. The van der Waals surface area contributed by atoms with Gasteiger partial charge in [-0.25, -0.2) is 0 Å². The van der Waals surface area contributed by atoms with Crippen molar-refractivity contribution in [3.05, 3.63) is 37.1 Å². The molecule has 0 amide bonds. The Hall–Kier alpha value is -0.760. The van der Waals surface area contributed by atoms with Crippen LogP contribution in [0.5, 0.6) is 0 Å². The van der Waals surface area contributed by atoms with Gasteiger partial charge in [0.15, 0.2) is 0 Å². The highest BCUT2D eigenvalue weighted by Gasteiger charge is 2.23. The van der Waals surface area contributed by atoms with Gasteiger partial charge in [-0.2, -0.15) is 0 Å². The molecule has 1 aliphatic carbocycles. The van der Waals surface area contributed by atoms with Gasteiger partial charge in [0.25, 0.3) is 6.73 Å². The fourth-order valence-corrected chi connectivity index (χ4v) is 0.826. The van der Waals surface area contributed by atoms with Crippen LogP contribution in [0, 0.1) is 13.2 Å². The maximum atomic E-state index is 4.94. The average molecular weight is 119 g/mol. The molecule has 1 aliphatic heterocycles. The summed E-state index contributed by atoms with van der Waals surface area (Å²) >= 11 is 0. The van der Waals surface area contributed by atoms with Gasteiger partial charge in [0.05, 0.1) is 6.04 Å². The first-order valence-electron chi connectivity index (χ1n) is 2.77. The first-order valence-corrected chi connectivity index (χ1v) is 2.77. The monoisotopic (exact) mass is 119 g/mol. The molecule has 0 aromatic rings. The summed E-state index contributed by atoms with van der Waals surface area (Å²) < 4.78 is 4.94. The summed E-state index contributed by atoms with van der Waals surface area (Å²) in [6.07, 6.45) is 8.68. The standard InChI is InChI=1S/C7H5NO/c1-2-4-7-6(3-1)8-5-9-7/h1-2,4,6,8H. The first-order chi connectivity index (χ1) is 4.47. The van der Waals surface area contributed by atoms with Crippen molar-refractivity contribution < 1.29 is 4.74 Å². The van der Waals surface area contributed by atoms with Crippen molar-refractivity contribution in [3.63, 3.8) is 0 Å². The van der Waals surface area contributed by atoms with Crippen molar-refractivity contribution in [2.75, 3.05) is 0 Å². The largest absolute Gasteiger partial charge is 0.463 e. The minimum absolute atomic E-state index is 0.106. The molecule has 1 heterocycles. The predicted molar refractivity (Wildman–Crippen MR) is 31.7 cm³/mol. The van der Waals surface area contributed by atoms with Gasteiger partial charge in [-0.05, 0) is 6.08 Å². The van der Waals surface area contributed by atoms with Crippen molar-refractivity contribution in [1.29, 1.82) is 0 Å². The normalized spacial score (nSPS) is 31.1. The quantitative estimate of drug-likeness (QED) is 0.501.